The first kappa shape index (κ1) is 15.8. The topological polar surface area (TPSA) is 57.2 Å². The van der Waals surface area contributed by atoms with E-state index in [2.05, 4.69) is 34.5 Å². The molecule has 0 amide bonds. The number of hydrogen-bond acceptors (Lipinski definition) is 5. The molecular formula is C21H15N4OS+. The Balaban J connectivity index is 1.80. The van der Waals surface area contributed by atoms with Crippen LogP contribution in [0.4, 0.5) is 5.82 Å². The van der Waals surface area contributed by atoms with Crippen LogP contribution in [0.1, 0.15) is 16.8 Å². The summed E-state index contributed by atoms with van der Waals surface area (Å²) in [5, 5.41) is 9.86. The van der Waals surface area contributed by atoms with E-state index >= 15 is 0 Å². The van der Waals surface area contributed by atoms with Gasteiger partial charge in [0.15, 0.2) is 16.9 Å². The summed E-state index contributed by atoms with van der Waals surface area (Å²) in [5.74, 6) is 0.774. The Morgan fingerprint density at radius 1 is 1.33 bits per heavy atom. The molecule has 4 aromatic rings. The SMILES string of the molecule is Cc1cc(/C=c2/nc3c(o2)=CC=CN3C)c(C#N)c2sc3ccccc3[n+]12. The number of para-hydroxylation sites is 1. The van der Waals surface area contributed by atoms with E-state index in [1.165, 1.54) is 0 Å². The Morgan fingerprint density at radius 2 is 2.19 bits per heavy atom. The number of benzene rings is 1. The summed E-state index contributed by atoms with van der Waals surface area (Å²) in [5.41, 5.74) is 4.84. The van der Waals surface area contributed by atoms with Gasteiger partial charge in [0.25, 0.3) is 4.83 Å². The van der Waals surface area contributed by atoms with Crippen molar-refractivity contribution in [2.45, 2.75) is 6.92 Å². The smallest absolute Gasteiger partial charge is 0.287 e. The third-order valence-corrected chi connectivity index (χ3v) is 5.81. The Labute approximate surface area is 159 Å². The Kier molecular flexibility index (Phi) is 3.39. The van der Waals surface area contributed by atoms with Gasteiger partial charge in [-0.25, -0.2) is 0 Å². The second-order valence-corrected chi connectivity index (χ2v) is 7.47. The molecule has 4 heterocycles. The number of fused-ring (bicyclic) bond motifs is 4. The lowest BCUT2D eigenvalue weighted by atomic mass is 10.1. The molecule has 1 aliphatic rings. The normalized spacial score (nSPS) is 13.8. The van der Waals surface area contributed by atoms with Crippen molar-refractivity contribution in [2.24, 2.45) is 0 Å². The van der Waals surface area contributed by atoms with E-state index in [0.717, 1.165) is 37.5 Å². The van der Waals surface area contributed by atoms with Crippen LogP contribution in [0.2, 0.25) is 0 Å². The van der Waals surface area contributed by atoms with Crippen LogP contribution in [0.5, 0.6) is 0 Å². The summed E-state index contributed by atoms with van der Waals surface area (Å²) in [4.78, 5) is 7.41. The molecule has 0 saturated heterocycles. The zero-order chi connectivity index (χ0) is 18.5. The van der Waals surface area contributed by atoms with Crippen LogP contribution in [0.3, 0.4) is 0 Å². The molecule has 27 heavy (non-hydrogen) atoms. The van der Waals surface area contributed by atoms with E-state index in [1.807, 2.05) is 54.6 Å². The second-order valence-electron chi connectivity index (χ2n) is 6.44. The summed E-state index contributed by atoms with van der Waals surface area (Å²) in [6, 6.07) is 12.6. The maximum absolute atomic E-state index is 9.86. The van der Waals surface area contributed by atoms with Crippen LogP contribution < -0.4 is 20.3 Å². The van der Waals surface area contributed by atoms with Gasteiger partial charge in [-0.15, -0.1) is 4.40 Å². The largest absolute Gasteiger partial charge is 0.435 e. The number of anilines is 1. The van der Waals surface area contributed by atoms with Gasteiger partial charge in [-0.1, -0.05) is 23.5 Å². The van der Waals surface area contributed by atoms with Crippen molar-refractivity contribution < 1.29 is 8.82 Å². The van der Waals surface area contributed by atoms with Crippen LogP contribution in [-0.4, -0.2) is 12.0 Å². The van der Waals surface area contributed by atoms with Crippen molar-refractivity contribution in [3.8, 4) is 6.07 Å². The molecule has 0 atom stereocenters. The fourth-order valence-corrected chi connectivity index (χ4v) is 4.66. The van der Waals surface area contributed by atoms with Crippen molar-refractivity contribution in [2.75, 3.05) is 11.9 Å². The number of nitriles is 1. The first-order valence-electron chi connectivity index (χ1n) is 8.52. The number of allylic oxidation sites excluding steroid dienone is 1. The molecule has 1 aromatic carbocycles. The lowest BCUT2D eigenvalue weighted by Gasteiger charge is -2.10. The monoisotopic (exact) mass is 371 g/mol. The molecule has 130 valence electrons. The van der Waals surface area contributed by atoms with Crippen LogP contribution >= 0.6 is 11.3 Å². The van der Waals surface area contributed by atoms with Gasteiger partial charge in [0.05, 0.1) is 0 Å². The van der Waals surface area contributed by atoms with Crippen molar-refractivity contribution in [3.05, 3.63) is 70.4 Å². The molecule has 1 aliphatic heterocycles. The standard InChI is InChI=1S/C21H15N4OS/c1-13-10-14(11-19-23-20-17(26-19)7-5-9-24(20)2)15(12-22)21-25(13)16-6-3-4-8-18(16)27-21/h3-11H,1-2H3/q+1. The average Bonchev–Trinajstić information content (AvgIpc) is 3.24. The van der Waals surface area contributed by atoms with Gasteiger partial charge in [-0.3, -0.25) is 0 Å². The highest BCUT2D eigenvalue weighted by atomic mass is 32.1. The molecule has 0 radical (unpaired) electrons. The highest BCUT2D eigenvalue weighted by Crippen LogP contribution is 2.26. The fourth-order valence-electron chi connectivity index (χ4n) is 3.44. The number of hydrogen-bond donors (Lipinski definition) is 0. The molecule has 0 N–H and O–H groups in total. The van der Waals surface area contributed by atoms with E-state index in [-0.39, 0.29) is 0 Å². The minimum atomic E-state index is 0.494. The van der Waals surface area contributed by atoms with Crippen molar-refractivity contribution >= 4 is 44.4 Å². The summed E-state index contributed by atoms with van der Waals surface area (Å²) in [6.07, 6.45) is 7.58. The molecule has 0 spiro atoms. The first-order valence-corrected chi connectivity index (χ1v) is 9.34. The van der Waals surface area contributed by atoms with Gasteiger partial charge < -0.3 is 9.32 Å². The zero-order valence-corrected chi connectivity index (χ0v) is 15.6. The van der Waals surface area contributed by atoms with Crippen molar-refractivity contribution in [3.63, 3.8) is 0 Å². The minimum absolute atomic E-state index is 0.494. The molecule has 0 aliphatic carbocycles. The van der Waals surface area contributed by atoms with E-state index in [0.29, 0.717) is 11.1 Å². The molecule has 0 unspecified atom stereocenters. The number of nitrogens with zero attached hydrogens (tertiary/aromatic N) is 4. The Morgan fingerprint density at radius 3 is 3.00 bits per heavy atom. The highest BCUT2D eigenvalue weighted by Gasteiger charge is 2.23. The quantitative estimate of drug-likeness (QED) is 0.482. The van der Waals surface area contributed by atoms with Gasteiger partial charge in [0.2, 0.25) is 11.1 Å². The summed E-state index contributed by atoms with van der Waals surface area (Å²) < 4.78 is 9.16. The van der Waals surface area contributed by atoms with Crippen LogP contribution in [0, 0.1) is 18.3 Å². The third kappa shape index (κ3) is 2.36. The highest BCUT2D eigenvalue weighted by molar-refractivity contribution is 7.23. The first-order chi connectivity index (χ1) is 13.2. The van der Waals surface area contributed by atoms with Gasteiger partial charge >= 0.3 is 0 Å². The predicted octanol–water partition coefficient (Wildman–Crippen LogP) is 2.38. The average molecular weight is 371 g/mol. The van der Waals surface area contributed by atoms with E-state index in [1.54, 1.807) is 11.3 Å². The van der Waals surface area contributed by atoms with Gasteiger partial charge in [-0.2, -0.15) is 10.2 Å². The van der Waals surface area contributed by atoms with Crippen molar-refractivity contribution in [1.82, 2.24) is 4.98 Å². The molecule has 0 saturated carbocycles. The fraction of sp³-hybridized carbons (Fsp3) is 0.0952. The zero-order valence-electron chi connectivity index (χ0n) is 14.8. The van der Waals surface area contributed by atoms with Gasteiger partial charge in [-0.05, 0) is 18.2 Å². The number of aryl methyl sites for hydroxylation is 1. The minimum Gasteiger partial charge on any atom is -0.435 e. The number of aromatic nitrogens is 2. The molecule has 0 bridgehead atoms. The van der Waals surface area contributed by atoms with Crippen molar-refractivity contribution in [1.29, 1.82) is 5.26 Å². The van der Waals surface area contributed by atoms with E-state index in [4.69, 9.17) is 4.42 Å². The summed E-state index contributed by atoms with van der Waals surface area (Å²) in [7, 11) is 1.93. The lowest BCUT2D eigenvalue weighted by Crippen LogP contribution is -2.25. The van der Waals surface area contributed by atoms with Crippen LogP contribution in [0.15, 0.2) is 47.0 Å². The summed E-state index contributed by atoms with van der Waals surface area (Å²) in [6.45, 7) is 2.05. The predicted molar refractivity (Wildman–Crippen MR) is 106 cm³/mol. The molecule has 3 aromatic heterocycles. The molecule has 5 rings (SSSR count). The van der Waals surface area contributed by atoms with Crippen LogP contribution in [0.25, 0.3) is 27.2 Å². The lowest BCUT2D eigenvalue weighted by molar-refractivity contribution is -0.486. The van der Waals surface area contributed by atoms with Crippen LogP contribution in [-0.2, 0) is 0 Å². The number of thiazole rings is 1. The van der Waals surface area contributed by atoms with Gasteiger partial charge in [0.1, 0.15) is 16.3 Å². The second kappa shape index (κ2) is 5.79. The third-order valence-electron chi connectivity index (χ3n) is 4.67. The Bertz CT molecular complexity index is 1420. The molecule has 6 heteroatoms. The van der Waals surface area contributed by atoms with E-state index < -0.39 is 0 Å². The van der Waals surface area contributed by atoms with Gasteiger partial charge in [0, 0.05) is 43.9 Å². The maximum Gasteiger partial charge on any atom is 0.287 e. The van der Waals surface area contributed by atoms with E-state index in [9.17, 15) is 5.26 Å². The molecule has 0 fully saturated rings. The number of rotatable bonds is 1. The maximum atomic E-state index is 9.86. The number of oxazole rings is 1. The molecular weight excluding hydrogens is 356 g/mol. The number of pyridine rings is 1. The molecule has 5 nitrogen and oxygen atoms in total. The summed E-state index contributed by atoms with van der Waals surface area (Å²) >= 11 is 1.62. The Hall–Kier alpha value is -3.43.